The third kappa shape index (κ3) is 4.80. The summed E-state index contributed by atoms with van der Waals surface area (Å²) in [6.07, 6.45) is 1.13. The fourth-order valence-corrected chi connectivity index (χ4v) is 4.39. The molecule has 0 unspecified atom stereocenters. The number of fused-ring (bicyclic) bond motifs is 1. The van der Waals surface area contributed by atoms with Gasteiger partial charge in [-0.15, -0.1) is 0 Å². The van der Waals surface area contributed by atoms with Crippen LogP contribution in [-0.2, 0) is 16.4 Å². The van der Waals surface area contributed by atoms with Gasteiger partial charge in [0.2, 0.25) is 0 Å². The molecule has 2 aromatic carbocycles. The number of aromatic nitrogens is 3. The standard InChI is InChI=1S/C24H21F2N5O4S/c1-12-22(13(2)31(30-12)11-14-4-6-15(7-5-14)36(3,34)35)29-24(33)17-9-21(23(27)32)28-20-10-19(26)18(25)8-16(17)20/h4-10H,11H2,1-3H3,(H2,27,32)(H,29,33). The molecule has 0 radical (unpaired) electrons. The number of primary amides is 1. The van der Waals surface area contributed by atoms with Crippen molar-refractivity contribution in [3.8, 4) is 0 Å². The zero-order valence-corrected chi connectivity index (χ0v) is 20.3. The van der Waals surface area contributed by atoms with Crippen LogP contribution in [0.15, 0.2) is 47.4 Å². The number of hydrogen-bond donors (Lipinski definition) is 2. The van der Waals surface area contributed by atoms with Crippen LogP contribution in [0.5, 0.6) is 0 Å². The monoisotopic (exact) mass is 513 g/mol. The van der Waals surface area contributed by atoms with Crippen molar-refractivity contribution >= 4 is 38.2 Å². The van der Waals surface area contributed by atoms with Crippen molar-refractivity contribution < 1.29 is 26.8 Å². The summed E-state index contributed by atoms with van der Waals surface area (Å²) in [7, 11) is -3.32. The third-order valence-electron chi connectivity index (χ3n) is 5.65. The number of nitrogens with one attached hydrogen (secondary N) is 1. The van der Waals surface area contributed by atoms with Gasteiger partial charge in [-0.3, -0.25) is 14.3 Å². The van der Waals surface area contributed by atoms with E-state index in [1.165, 1.54) is 12.1 Å². The first-order valence-corrected chi connectivity index (χ1v) is 12.5. The number of anilines is 1. The van der Waals surface area contributed by atoms with E-state index in [4.69, 9.17) is 5.73 Å². The number of amides is 2. The first-order chi connectivity index (χ1) is 16.8. The lowest BCUT2D eigenvalue weighted by Gasteiger charge is -2.11. The minimum absolute atomic E-state index is 0.00469. The van der Waals surface area contributed by atoms with Crippen molar-refractivity contribution in [2.45, 2.75) is 25.3 Å². The van der Waals surface area contributed by atoms with Crippen molar-refractivity contribution in [2.75, 3.05) is 11.6 Å². The summed E-state index contributed by atoms with van der Waals surface area (Å²) in [5, 5.41) is 7.17. The molecule has 0 bridgehead atoms. The Morgan fingerprint density at radius 1 is 1.06 bits per heavy atom. The minimum atomic E-state index is -3.32. The second kappa shape index (κ2) is 9.11. The number of hydrogen-bond acceptors (Lipinski definition) is 6. The summed E-state index contributed by atoms with van der Waals surface area (Å²) in [5.74, 6) is -3.98. The molecule has 0 saturated heterocycles. The summed E-state index contributed by atoms with van der Waals surface area (Å²) >= 11 is 0. The lowest BCUT2D eigenvalue weighted by atomic mass is 10.1. The summed E-state index contributed by atoms with van der Waals surface area (Å²) in [5.41, 5.74) is 7.07. The molecule has 3 N–H and O–H groups in total. The van der Waals surface area contributed by atoms with Gasteiger partial charge in [0, 0.05) is 17.7 Å². The van der Waals surface area contributed by atoms with Crippen molar-refractivity contribution in [3.05, 3.63) is 82.3 Å². The van der Waals surface area contributed by atoms with E-state index in [-0.39, 0.29) is 27.1 Å². The molecule has 0 aliphatic heterocycles. The zero-order chi connectivity index (χ0) is 26.4. The first kappa shape index (κ1) is 24.9. The normalized spacial score (nSPS) is 11.6. The lowest BCUT2D eigenvalue weighted by molar-refractivity contribution is 0.0996. The fraction of sp³-hybridized carbons (Fsp3) is 0.167. The average molecular weight is 514 g/mol. The highest BCUT2D eigenvalue weighted by molar-refractivity contribution is 7.90. The fourth-order valence-electron chi connectivity index (χ4n) is 3.76. The molecule has 36 heavy (non-hydrogen) atoms. The Labute approximate surface area is 204 Å². The van der Waals surface area contributed by atoms with E-state index in [0.29, 0.717) is 23.6 Å². The van der Waals surface area contributed by atoms with Gasteiger partial charge in [0.15, 0.2) is 21.5 Å². The van der Waals surface area contributed by atoms with Crippen molar-refractivity contribution in [3.63, 3.8) is 0 Å². The number of aryl methyl sites for hydroxylation is 1. The van der Waals surface area contributed by atoms with Crippen LogP contribution in [0.2, 0.25) is 0 Å². The number of halogens is 2. The van der Waals surface area contributed by atoms with Gasteiger partial charge in [0.25, 0.3) is 11.8 Å². The van der Waals surface area contributed by atoms with E-state index in [1.54, 1.807) is 30.7 Å². The molecule has 2 aromatic heterocycles. The van der Waals surface area contributed by atoms with Crippen molar-refractivity contribution in [1.82, 2.24) is 14.8 Å². The second-order valence-electron chi connectivity index (χ2n) is 8.28. The van der Waals surface area contributed by atoms with Crippen LogP contribution in [0.4, 0.5) is 14.5 Å². The molecule has 4 rings (SSSR count). The van der Waals surface area contributed by atoms with Gasteiger partial charge in [0.1, 0.15) is 5.69 Å². The molecule has 12 heteroatoms. The van der Waals surface area contributed by atoms with Crippen molar-refractivity contribution in [2.24, 2.45) is 5.73 Å². The van der Waals surface area contributed by atoms with Gasteiger partial charge >= 0.3 is 0 Å². The molecule has 0 spiro atoms. The summed E-state index contributed by atoms with van der Waals surface area (Å²) in [6, 6.07) is 9.10. The number of carbonyl (C=O) groups is 2. The van der Waals surface area contributed by atoms with Gasteiger partial charge in [-0.25, -0.2) is 22.2 Å². The predicted molar refractivity (Wildman–Crippen MR) is 128 cm³/mol. The van der Waals surface area contributed by atoms with E-state index in [2.05, 4.69) is 15.4 Å². The summed E-state index contributed by atoms with van der Waals surface area (Å²) < 4.78 is 52.7. The molecule has 0 saturated carbocycles. The molecule has 186 valence electrons. The highest BCUT2D eigenvalue weighted by Gasteiger charge is 2.21. The number of sulfone groups is 1. The smallest absolute Gasteiger partial charge is 0.267 e. The van der Waals surface area contributed by atoms with Gasteiger partial charge in [-0.05, 0) is 43.7 Å². The Kier molecular flexibility index (Phi) is 6.31. The molecule has 0 fully saturated rings. The van der Waals surface area contributed by atoms with Crippen LogP contribution in [0.25, 0.3) is 10.9 Å². The number of pyridine rings is 1. The summed E-state index contributed by atoms with van der Waals surface area (Å²) in [6.45, 7) is 3.72. The highest BCUT2D eigenvalue weighted by atomic mass is 32.2. The Bertz CT molecular complexity index is 1650. The zero-order valence-electron chi connectivity index (χ0n) is 19.5. The maximum atomic E-state index is 13.9. The molecule has 9 nitrogen and oxygen atoms in total. The van der Waals surface area contributed by atoms with Gasteiger partial charge in [0.05, 0.1) is 39.6 Å². The van der Waals surface area contributed by atoms with Crippen LogP contribution in [0, 0.1) is 25.5 Å². The largest absolute Gasteiger partial charge is 0.364 e. The number of benzene rings is 2. The average Bonchev–Trinajstić information content (AvgIpc) is 3.06. The molecule has 2 amide bonds. The molecule has 2 heterocycles. The number of rotatable bonds is 6. The highest BCUT2D eigenvalue weighted by Crippen LogP contribution is 2.26. The van der Waals surface area contributed by atoms with Crippen LogP contribution in [0.1, 0.15) is 37.8 Å². The number of nitrogens with zero attached hydrogens (tertiary/aromatic N) is 3. The van der Waals surface area contributed by atoms with E-state index in [1.807, 2.05) is 0 Å². The Hall–Kier alpha value is -4.19. The third-order valence-corrected chi connectivity index (χ3v) is 6.78. The van der Waals surface area contributed by atoms with E-state index in [0.717, 1.165) is 30.0 Å². The molecular weight excluding hydrogens is 492 g/mol. The molecule has 4 aromatic rings. The SMILES string of the molecule is Cc1nn(Cc2ccc(S(C)(=O)=O)cc2)c(C)c1NC(=O)c1cc(C(N)=O)nc2cc(F)c(F)cc12. The first-order valence-electron chi connectivity index (χ1n) is 10.6. The Morgan fingerprint density at radius 2 is 1.69 bits per heavy atom. The lowest BCUT2D eigenvalue weighted by Crippen LogP contribution is -2.18. The van der Waals surface area contributed by atoms with E-state index in [9.17, 15) is 26.8 Å². The molecule has 0 aliphatic rings. The molecule has 0 aliphatic carbocycles. The summed E-state index contributed by atoms with van der Waals surface area (Å²) in [4.78, 5) is 29.0. The quantitative estimate of drug-likeness (QED) is 0.406. The topological polar surface area (TPSA) is 137 Å². The molecular formula is C24H21F2N5O4S. The van der Waals surface area contributed by atoms with Crippen LogP contribution >= 0.6 is 0 Å². The van der Waals surface area contributed by atoms with Gasteiger partial charge in [-0.1, -0.05) is 12.1 Å². The van der Waals surface area contributed by atoms with Gasteiger partial charge < -0.3 is 11.1 Å². The van der Waals surface area contributed by atoms with Crippen LogP contribution < -0.4 is 11.1 Å². The van der Waals surface area contributed by atoms with Crippen LogP contribution in [0.3, 0.4) is 0 Å². The Balaban J connectivity index is 1.67. The molecule has 0 atom stereocenters. The maximum absolute atomic E-state index is 13.9. The predicted octanol–water partition coefficient (Wildman–Crippen LogP) is 3.13. The van der Waals surface area contributed by atoms with Crippen molar-refractivity contribution in [1.29, 1.82) is 0 Å². The maximum Gasteiger partial charge on any atom is 0.267 e. The van der Waals surface area contributed by atoms with Crippen LogP contribution in [-0.4, -0.2) is 41.3 Å². The number of nitrogens with two attached hydrogens (primary N) is 1. The second-order valence-corrected chi connectivity index (χ2v) is 10.3. The number of carbonyl (C=O) groups excluding carboxylic acids is 2. The Morgan fingerprint density at radius 3 is 2.31 bits per heavy atom. The minimum Gasteiger partial charge on any atom is -0.364 e. The van der Waals surface area contributed by atoms with E-state index >= 15 is 0 Å². The van der Waals surface area contributed by atoms with Gasteiger partial charge in [-0.2, -0.15) is 5.10 Å². The van der Waals surface area contributed by atoms with E-state index < -0.39 is 33.3 Å².